The van der Waals surface area contributed by atoms with Gasteiger partial charge in [-0.1, -0.05) is 60.8 Å². The molecule has 0 aromatic rings. The van der Waals surface area contributed by atoms with Crippen molar-refractivity contribution in [3.8, 4) is 0 Å². The van der Waals surface area contributed by atoms with Crippen LogP contribution in [0.3, 0.4) is 0 Å². The lowest BCUT2D eigenvalue weighted by molar-refractivity contribution is -0.150. The number of nitrogens with zero attached hydrogens (tertiary/aromatic N) is 8. The molecule has 426 valence electrons. The maximum atomic E-state index is 14.8. The zero-order valence-corrected chi connectivity index (χ0v) is 47.0. The van der Waals surface area contributed by atoms with Crippen LogP contribution in [0.25, 0.3) is 0 Å². The van der Waals surface area contributed by atoms with Crippen LogP contribution < -0.4 is 21.3 Å². The van der Waals surface area contributed by atoms with E-state index in [1.165, 1.54) is 57.0 Å². The van der Waals surface area contributed by atoms with Gasteiger partial charge in [0.25, 0.3) is 0 Å². The van der Waals surface area contributed by atoms with Crippen LogP contribution in [-0.2, 0) is 57.5 Å². The fourth-order valence-corrected chi connectivity index (χ4v) is 10.4. The molecular formula is C52H86N12O12. The number of hydrogen-bond donors (Lipinski definition) is 4. The predicted molar refractivity (Wildman–Crippen MR) is 279 cm³/mol. The molecule has 6 atom stereocenters. The van der Waals surface area contributed by atoms with Crippen LogP contribution >= 0.6 is 0 Å². The second-order valence-corrected chi connectivity index (χ2v) is 22.2. The summed E-state index contributed by atoms with van der Waals surface area (Å²) in [6.45, 7) is 9.44. The maximum Gasteiger partial charge on any atom is 0.248 e. The third-order valence-electron chi connectivity index (χ3n) is 15.4. The van der Waals surface area contributed by atoms with Gasteiger partial charge in [-0.15, -0.1) is 0 Å². The molecule has 1 saturated carbocycles. The van der Waals surface area contributed by atoms with Gasteiger partial charge >= 0.3 is 0 Å². The number of carbonyl (C=O) groups excluding carboxylic acids is 12. The van der Waals surface area contributed by atoms with Crippen molar-refractivity contribution in [2.45, 2.75) is 148 Å². The van der Waals surface area contributed by atoms with E-state index in [4.69, 9.17) is 0 Å². The van der Waals surface area contributed by atoms with Gasteiger partial charge in [-0.2, -0.15) is 0 Å². The molecule has 24 heteroatoms. The van der Waals surface area contributed by atoms with Gasteiger partial charge in [-0.25, -0.2) is 0 Å². The van der Waals surface area contributed by atoms with E-state index in [1.807, 2.05) is 20.8 Å². The molecule has 1 spiro atoms. The third-order valence-corrected chi connectivity index (χ3v) is 15.4. The Morgan fingerprint density at radius 2 is 1.17 bits per heavy atom. The Bertz CT molecular complexity index is 2180. The molecule has 3 aliphatic heterocycles. The van der Waals surface area contributed by atoms with E-state index < -0.39 is 158 Å². The fourth-order valence-electron chi connectivity index (χ4n) is 10.4. The number of carbonyl (C=O) groups is 12. The average Bonchev–Trinajstić information content (AvgIpc) is 4.19. The van der Waals surface area contributed by atoms with Gasteiger partial charge in [0.2, 0.25) is 70.9 Å². The van der Waals surface area contributed by atoms with Crippen LogP contribution in [0.15, 0.2) is 0 Å². The molecule has 12 amide bonds. The molecule has 4 fully saturated rings. The first-order valence-corrected chi connectivity index (χ1v) is 26.9. The Morgan fingerprint density at radius 1 is 0.618 bits per heavy atom. The first kappa shape index (κ1) is 62.2. The van der Waals surface area contributed by atoms with E-state index in [1.54, 1.807) is 25.7 Å². The van der Waals surface area contributed by atoms with Gasteiger partial charge in [0, 0.05) is 61.9 Å². The molecule has 1 aliphatic carbocycles. The summed E-state index contributed by atoms with van der Waals surface area (Å²) in [6, 6.07) is -5.84. The van der Waals surface area contributed by atoms with E-state index >= 15 is 0 Å². The number of nitrogens with one attached hydrogen (secondary N) is 4. The van der Waals surface area contributed by atoms with Gasteiger partial charge in [-0.05, 0) is 62.7 Å². The van der Waals surface area contributed by atoms with E-state index in [-0.39, 0.29) is 38.1 Å². The Balaban J connectivity index is 1.72. The molecule has 4 N–H and O–H groups in total. The maximum absolute atomic E-state index is 14.8. The number of likely N-dealkylation sites (N-methyl/N-ethyl adjacent to an activating group) is 6. The highest BCUT2D eigenvalue weighted by molar-refractivity contribution is 6.00. The molecule has 24 nitrogen and oxygen atoms in total. The minimum Gasteiger partial charge on any atom is -0.345 e. The smallest absolute Gasteiger partial charge is 0.248 e. The summed E-state index contributed by atoms with van der Waals surface area (Å²) < 4.78 is 0. The third kappa shape index (κ3) is 15.9. The first-order chi connectivity index (χ1) is 35.6. The standard InChI is InChI=1S/C52H86N12O12/c1-13-34(6)44-50(75)60(10)31-43(70)59(9)30-42(69)58(8)29-41(68)57(7)28-38(65)53-27-40(67)64-24-18-19-36(64)47(72)56-52(20-14-15-21-52)51(76)62(12)45(33(4)5)48(73)54-35(49(74)63-22-16-17-23-63)26-39(66)61(11)37(25-32(2)3)46(71)55-44/h32-37,44-45H,13-31H2,1-12H3,(H,53,65)(H,54,73)(H,55,71)(H,56,72)/t34-,35?,36?,37?,44?,45?/m0/s1. The molecule has 0 radical (unpaired) electrons. The predicted octanol–water partition coefficient (Wildman–Crippen LogP) is -1.25. The largest absolute Gasteiger partial charge is 0.345 e. The zero-order chi connectivity index (χ0) is 56.9. The normalized spacial score (nSPS) is 26.3. The van der Waals surface area contributed by atoms with Crippen LogP contribution in [0.5, 0.6) is 0 Å². The van der Waals surface area contributed by atoms with Crippen LogP contribution in [-0.4, -0.2) is 240 Å². The highest BCUT2D eigenvalue weighted by atomic mass is 16.2. The quantitative estimate of drug-likeness (QED) is 0.243. The molecule has 0 aromatic carbocycles. The molecule has 76 heavy (non-hydrogen) atoms. The number of rotatable bonds is 6. The van der Waals surface area contributed by atoms with Crippen molar-refractivity contribution in [2.24, 2.45) is 17.8 Å². The molecule has 0 aromatic heterocycles. The van der Waals surface area contributed by atoms with E-state index in [0.29, 0.717) is 51.6 Å². The van der Waals surface area contributed by atoms with Crippen molar-refractivity contribution in [1.29, 1.82) is 0 Å². The van der Waals surface area contributed by atoms with Crippen molar-refractivity contribution < 1.29 is 57.5 Å². The van der Waals surface area contributed by atoms with Crippen molar-refractivity contribution in [3.63, 3.8) is 0 Å². The summed E-state index contributed by atoms with van der Waals surface area (Å²) in [5.74, 6) is -8.44. The highest BCUT2D eigenvalue weighted by Gasteiger charge is 2.49. The van der Waals surface area contributed by atoms with Gasteiger partial charge in [0.1, 0.15) is 35.7 Å². The summed E-state index contributed by atoms with van der Waals surface area (Å²) in [4.78, 5) is 177. The first-order valence-electron chi connectivity index (χ1n) is 26.9. The Hall–Kier alpha value is -6.36. The monoisotopic (exact) mass is 1070 g/mol. The Kier molecular flexibility index (Phi) is 22.6. The topological polar surface area (TPSA) is 279 Å². The molecule has 3 heterocycles. The van der Waals surface area contributed by atoms with Crippen molar-refractivity contribution in [2.75, 3.05) is 94.6 Å². The van der Waals surface area contributed by atoms with E-state index in [2.05, 4.69) is 21.3 Å². The van der Waals surface area contributed by atoms with Crippen molar-refractivity contribution in [3.05, 3.63) is 0 Å². The lowest BCUT2D eigenvalue weighted by Crippen LogP contribution is -2.64. The summed E-state index contributed by atoms with van der Waals surface area (Å²) in [7, 11) is 8.33. The summed E-state index contributed by atoms with van der Waals surface area (Å²) >= 11 is 0. The number of amides is 12. The van der Waals surface area contributed by atoms with Crippen LogP contribution in [0, 0.1) is 17.8 Å². The lowest BCUT2D eigenvalue weighted by Gasteiger charge is -2.39. The number of likely N-dealkylation sites (tertiary alicyclic amines) is 1. The molecule has 0 bridgehead atoms. The lowest BCUT2D eigenvalue weighted by atomic mass is 9.92. The minimum atomic E-state index is -1.44. The van der Waals surface area contributed by atoms with Crippen LogP contribution in [0.2, 0.25) is 0 Å². The Morgan fingerprint density at radius 3 is 1.71 bits per heavy atom. The molecule has 4 aliphatic rings. The number of hydrogen-bond acceptors (Lipinski definition) is 12. The van der Waals surface area contributed by atoms with Crippen LogP contribution in [0.4, 0.5) is 0 Å². The summed E-state index contributed by atoms with van der Waals surface area (Å²) in [6.07, 6.45) is 3.92. The van der Waals surface area contributed by atoms with Crippen molar-refractivity contribution >= 4 is 70.9 Å². The Labute approximate surface area is 448 Å². The molecule has 5 unspecified atom stereocenters. The van der Waals surface area contributed by atoms with Gasteiger partial charge in [-0.3, -0.25) is 57.5 Å². The summed E-state index contributed by atoms with van der Waals surface area (Å²) in [5, 5.41) is 11.1. The minimum absolute atomic E-state index is 0.137. The van der Waals surface area contributed by atoms with Gasteiger partial charge in [0.15, 0.2) is 0 Å². The SMILES string of the molecule is CC[C@H](C)C1NC(=O)C(CC(C)C)N(C)C(=O)CC(C(=O)N2CCCC2)NC(=O)C(C(C)C)N(C)C(=O)C2(CCCC2)NC(=O)C2CCCN2C(=O)CNC(=O)CN(C)C(=O)CN(C)C(=O)CN(C)C(=O)CN(C)C1=O. The van der Waals surface area contributed by atoms with Gasteiger partial charge in [0.05, 0.1) is 39.1 Å². The second-order valence-electron chi connectivity index (χ2n) is 22.2. The van der Waals surface area contributed by atoms with Crippen molar-refractivity contribution in [1.82, 2.24) is 60.5 Å². The average molecular weight is 1070 g/mol. The highest BCUT2D eigenvalue weighted by Crippen LogP contribution is 2.34. The fraction of sp³-hybridized carbons (Fsp3) is 0.769. The number of fused-ring (bicyclic) bond motifs is 1. The zero-order valence-electron chi connectivity index (χ0n) is 47.0. The molecule has 3 saturated heterocycles. The molecule has 4 rings (SSSR count). The van der Waals surface area contributed by atoms with E-state index in [0.717, 1.165) is 19.6 Å². The summed E-state index contributed by atoms with van der Waals surface area (Å²) in [5.41, 5.74) is -1.44. The second kappa shape index (κ2) is 27.6. The molecular weight excluding hydrogens is 985 g/mol. The van der Waals surface area contributed by atoms with E-state index in [9.17, 15) is 57.5 Å². The van der Waals surface area contributed by atoms with Crippen LogP contribution in [0.1, 0.15) is 112 Å². The van der Waals surface area contributed by atoms with Gasteiger partial charge < -0.3 is 60.5 Å².